The van der Waals surface area contributed by atoms with E-state index < -0.39 is 5.82 Å². The quantitative estimate of drug-likeness (QED) is 0.727. The van der Waals surface area contributed by atoms with Crippen LogP contribution in [0, 0.1) is 5.82 Å². The van der Waals surface area contributed by atoms with E-state index in [2.05, 4.69) is 37.2 Å². The van der Waals surface area contributed by atoms with E-state index in [0.29, 0.717) is 11.3 Å². The summed E-state index contributed by atoms with van der Waals surface area (Å²) in [6, 6.07) is 10.7. The van der Waals surface area contributed by atoms with Crippen molar-refractivity contribution in [3.05, 3.63) is 56.7 Å². The number of hydrogen-bond donors (Lipinski definition) is 2. The van der Waals surface area contributed by atoms with E-state index in [9.17, 15) is 4.39 Å². The molecule has 2 nitrogen and oxygen atoms in total. The van der Waals surface area contributed by atoms with Crippen LogP contribution in [0.4, 0.5) is 15.8 Å². The summed E-state index contributed by atoms with van der Waals surface area (Å²) in [6.45, 7) is 0. The molecule has 6 heteroatoms. The van der Waals surface area contributed by atoms with Crippen molar-refractivity contribution in [3.63, 3.8) is 0 Å². The van der Waals surface area contributed by atoms with Crippen molar-refractivity contribution in [2.24, 2.45) is 5.73 Å². The predicted molar refractivity (Wildman–Crippen MR) is 87.4 cm³/mol. The molecule has 0 aliphatic carbocycles. The fourth-order valence-electron chi connectivity index (χ4n) is 1.56. The van der Waals surface area contributed by atoms with E-state index in [1.165, 1.54) is 0 Å². The lowest BCUT2D eigenvalue weighted by molar-refractivity contribution is 0.625. The highest BCUT2D eigenvalue weighted by molar-refractivity contribution is 9.10. The Balaban J connectivity index is 2.37. The molecule has 2 rings (SSSR count). The average molecular weight is 404 g/mol. The second-order valence-electron chi connectivity index (χ2n) is 3.79. The molecule has 0 saturated heterocycles. The molecule has 0 aromatic heterocycles. The van der Waals surface area contributed by atoms with Gasteiger partial charge in [0.1, 0.15) is 4.99 Å². The van der Waals surface area contributed by atoms with Crippen LogP contribution in [0.1, 0.15) is 5.56 Å². The predicted octanol–water partition coefficient (Wildman–Crippen LogP) is 4.73. The van der Waals surface area contributed by atoms with E-state index in [-0.39, 0.29) is 9.46 Å². The number of halogens is 3. The third kappa shape index (κ3) is 3.32. The minimum absolute atomic E-state index is 0.153. The van der Waals surface area contributed by atoms with Crippen molar-refractivity contribution in [2.75, 3.05) is 5.32 Å². The maximum atomic E-state index is 14.2. The first-order chi connectivity index (χ1) is 8.99. The highest BCUT2D eigenvalue weighted by Crippen LogP contribution is 2.29. The number of rotatable bonds is 3. The van der Waals surface area contributed by atoms with Crippen LogP contribution in [-0.4, -0.2) is 4.99 Å². The topological polar surface area (TPSA) is 38.0 Å². The van der Waals surface area contributed by atoms with Crippen LogP contribution in [0.15, 0.2) is 45.3 Å². The molecule has 0 amide bonds. The van der Waals surface area contributed by atoms with Crippen LogP contribution in [0.5, 0.6) is 0 Å². The van der Waals surface area contributed by atoms with Crippen LogP contribution >= 0.6 is 44.1 Å². The van der Waals surface area contributed by atoms with Gasteiger partial charge in [0.25, 0.3) is 0 Å². The van der Waals surface area contributed by atoms with Crippen LogP contribution in [-0.2, 0) is 0 Å². The van der Waals surface area contributed by atoms with E-state index in [0.717, 1.165) is 10.2 Å². The molecular weight excluding hydrogens is 395 g/mol. The molecule has 0 aliphatic rings. The molecule has 0 fully saturated rings. The van der Waals surface area contributed by atoms with Gasteiger partial charge in [0.15, 0.2) is 5.82 Å². The van der Waals surface area contributed by atoms with Crippen LogP contribution in [0.2, 0.25) is 0 Å². The molecule has 2 aromatic rings. The molecule has 0 heterocycles. The maximum absolute atomic E-state index is 14.2. The molecule has 0 atom stereocenters. The second-order valence-corrected chi connectivity index (χ2v) is 5.94. The molecular formula is C13H9Br2FN2S. The van der Waals surface area contributed by atoms with Gasteiger partial charge in [-0.25, -0.2) is 4.39 Å². The maximum Gasteiger partial charge on any atom is 0.161 e. The van der Waals surface area contributed by atoms with Crippen LogP contribution in [0.3, 0.4) is 0 Å². The van der Waals surface area contributed by atoms with Crippen molar-refractivity contribution in [1.29, 1.82) is 0 Å². The summed E-state index contributed by atoms with van der Waals surface area (Å²) < 4.78 is 15.3. The summed E-state index contributed by atoms with van der Waals surface area (Å²) in [4.78, 5) is 0.153. The van der Waals surface area contributed by atoms with Gasteiger partial charge in [0, 0.05) is 15.7 Å². The second kappa shape index (κ2) is 5.98. The van der Waals surface area contributed by atoms with Crippen LogP contribution in [0.25, 0.3) is 0 Å². The van der Waals surface area contributed by atoms with Gasteiger partial charge in [-0.1, -0.05) is 34.2 Å². The van der Waals surface area contributed by atoms with Crippen molar-refractivity contribution in [1.82, 2.24) is 0 Å². The third-order valence-electron chi connectivity index (χ3n) is 2.45. The molecule has 0 unspecified atom stereocenters. The number of nitrogens with one attached hydrogen (secondary N) is 1. The smallest absolute Gasteiger partial charge is 0.161 e. The summed E-state index contributed by atoms with van der Waals surface area (Å²) in [5, 5.41) is 3.00. The van der Waals surface area contributed by atoms with Gasteiger partial charge in [-0.2, -0.15) is 0 Å². The Hall–Kier alpha value is -0.980. The summed E-state index contributed by atoms with van der Waals surface area (Å²) in [6.07, 6.45) is 0. The van der Waals surface area contributed by atoms with Gasteiger partial charge in [-0.3, -0.25) is 0 Å². The number of hydrogen-bond acceptors (Lipinski definition) is 2. The number of thiocarbonyl (C=S) groups is 1. The minimum Gasteiger partial charge on any atom is -0.389 e. The fourth-order valence-corrected chi connectivity index (χ4v) is 2.82. The Kier molecular flexibility index (Phi) is 4.54. The van der Waals surface area contributed by atoms with E-state index in [4.69, 9.17) is 18.0 Å². The number of benzene rings is 2. The molecule has 0 radical (unpaired) electrons. The van der Waals surface area contributed by atoms with Crippen molar-refractivity contribution >= 4 is 60.4 Å². The Morgan fingerprint density at radius 3 is 2.58 bits per heavy atom. The summed E-state index contributed by atoms with van der Waals surface area (Å²) in [7, 11) is 0. The SMILES string of the molecule is NC(=S)c1ccc(Nc2cccc(Br)c2)c(F)c1Br. The first-order valence-corrected chi connectivity index (χ1v) is 7.29. The van der Waals surface area contributed by atoms with Crippen molar-refractivity contribution in [3.8, 4) is 0 Å². The highest BCUT2D eigenvalue weighted by Gasteiger charge is 2.13. The molecule has 0 saturated carbocycles. The molecule has 3 N–H and O–H groups in total. The minimum atomic E-state index is -0.426. The molecule has 0 spiro atoms. The zero-order chi connectivity index (χ0) is 14.0. The zero-order valence-electron chi connectivity index (χ0n) is 9.58. The Labute approximate surface area is 132 Å². The summed E-state index contributed by atoms with van der Waals surface area (Å²) >= 11 is 11.4. The van der Waals surface area contributed by atoms with E-state index >= 15 is 0 Å². The standard InChI is InChI=1S/C13H9Br2FN2S/c14-7-2-1-3-8(6-7)18-10-5-4-9(13(17)19)11(15)12(10)16/h1-6,18H,(H2,17,19). The van der Waals surface area contributed by atoms with Gasteiger partial charge >= 0.3 is 0 Å². The monoisotopic (exact) mass is 402 g/mol. The normalized spacial score (nSPS) is 10.3. The largest absolute Gasteiger partial charge is 0.389 e. The van der Waals surface area contributed by atoms with Crippen LogP contribution < -0.4 is 11.1 Å². The van der Waals surface area contributed by atoms with E-state index in [1.54, 1.807) is 12.1 Å². The molecule has 0 aliphatic heterocycles. The van der Waals surface area contributed by atoms with Gasteiger partial charge in [0.2, 0.25) is 0 Å². The number of nitrogens with two attached hydrogens (primary N) is 1. The van der Waals surface area contributed by atoms with Crippen molar-refractivity contribution < 1.29 is 4.39 Å². The Morgan fingerprint density at radius 1 is 1.21 bits per heavy atom. The molecule has 19 heavy (non-hydrogen) atoms. The Bertz CT molecular complexity index is 647. The Morgan fingerprint density at radius 2 is 1.95 bits per heavy atom. The van der Waals surface area contributed by atoms with Gasteiger partial charge in [0.05, 0.1) is 10.2 Å². The average Bonchev–Trinajstić information content (AvgIpc) is 2.35. The summed E-state index contributed by atoms with van der Waals surface area (Å²) in [5.74, 6) is -0.426. The van der Waals surface area contributed by atoms with E-state index in [1.807, 2.05) is 24.3 Å². The molecule has 0 bridgehead atoms. The van der Waals surface area contributed by atoms with Gasteiger partial charge in [-0.15, -0.1) is 0 Å². The third-order valence-corrected chi connectivity index (χ3v) is 3.94. The van der Waals surface area contributed by atoms with Gasteiger partial charge in [-0.05, 0) is 46.3 Å². The fraction of sp³-hybridized carbons (Fsp3) is 0. The lowest BCUT2D eigenvalue weighted by atomic mass is 10.2. The lowest BCUT2D eigenvalue weighted by Crippen LogP contribution is -2.11. The van der Waals surface area contributed by atoms with Crippen molar-refractivity contribution in [2.45, 2.75) is 0 Å². The molecule has 98 valence electrons. The lowest BCUT2D eigenvalue weighted by Gasteiger charge is -2.11. The zero-order valence-corrected chi connectivity index (χ0v) is 13.6. The number of anilines is 2. The first kappa shape index (κ1) is 14.4. The first-order valence-electron chi connectivity index (χ1n) is 5.29. The summed E-state index contributed by atoms with van der Waals surface area (Å²) in [5.41, 5.74) is 7.13. The highest BCUT2D eigenvalue weighted by atomic mass is 79.9. The van der Waals surface area contributed by atoms with Gasteiger partial charge < -0.3 is 11.1 Å². The molecule has 2 aromatic carbocycles.